The number of ketones is 1. The van der Waals surface area contributed by atoms with Gasteiger partial charge in [0.25, 0.3) is 0 Å². The van der Waals surface area contributed by atoms with Crippen LogP contribution in [0.5, 0.6) is 0 Å². The van der Waals surface area contributed by atoms with Crippen molar-refractivity contribution in [1.82, 2.24) is 0 Å². The van der Waals surface area contributed by atoms with E-state index in [1.165, 1.54) is 16.2 Å². The van der Waals surface area contributed by atoms with Gasteiger partial charge in [-0.2, -0.15) is 0 Å². The molecule has 3 atom stereocenters. The lowest BCUT2D eigenvalue weighted by atomic mass is 9.75. The number of anilines is 1. The Morgan fingerprint density at radius 1 is 1.04 bits per heavy atom. The van der Waals surface area contributed by atoms with Crippen molar-refractivity contribution in [3.05, 3.63) is 68.0 Å². The molecule has 3 nitrogen and oxygen atoms in total. The summed E-state index contributed by atoms with van der Waals surface area (Å²) in [5, 5.41) is 5.66. The van der Waals surface area contributed by atoms with Crippen LogP contribution in [0.1, 0.15) is 34.6 Å². The molecule has 5 rings (SSSR count). The number of hydrogen-bond acceptors (Lipinski definition) is 5. The summed E-state index contributed by atoms with van der Waals surface area (Å²) >= 11 is 9.46. The summed E-state index contributed by atoms with van der Waals surface area (Å²) < 4.78 is 0.738. The smallest absolute Gasteiger partial charge is 0.144 e. The van der Waals surface area contributed by atoms with E-state index in [0.717, 1.165) is 32.7 Å². The molecule has 0 saturated heterocycles. The van der Waals surface area contributed by atoms with Crippen molar-refractivity contribution in [2.24, 2.45) is 10.9 Å². The van der Waals surface area contributed by atoms with Gasteiger partial charge in [-0.05, 0) is 42.1 Å². The van der Waals surface area contributed by atoms with E-state index in [0.29, 0.717) is 6.42 Å². The quantitative estimate of drug-likeness (QED) is 0.524. The van der Waals surface area contributed by atoms with Gasteiger partial charge in [-0.3, -0.25) is 9.79 Å². The Morgan fingerprint density at radius 3 is 2.70 bits per heavy atom. The number of rotatable bonds is 2. The molecule has 1 saturated carbocycles. The molecule has 1 fully saturated rings. The maximum Gasteiger partial charge on any atom is 0.144 e. The van der Waals surface area contributed by atoms with Crippen molar-refractivity contribution in [3.8, 4) is 0 Å². The average Bonchev–Trinajstić information content (AvgIpc) is 3.30. The molecule has 0 radical (unpaired) electrons. The second-order valence-corrected chi connectivity index (χ2v) is 9.67. The number of carbonyl (C=O) groups excluding carboxylic acids is 1. The zero-order valence-corrected chi connectivity index (χ0v) is 16.8. The van der Waals surface area contributed by atoms with Crippen LogP contribution in [0.4, 0.5) is 11.4 Å². The Bertz CT molecular complexity index is 1020. The molecule has 0 bridgehead atoms. The highest BCUT2D eigenvalue weighted by atomic mass is 35.5. The van der Waals surface area contributed by atoms with E-state index in [1.54, 1.807) is 11.3 Å². The Balaban J connectivity index is 1.61. The van der Waals surface area contributed by atoms with E-state index in [9.17, 15) is 4.79 Å². The maximum absolute atomic E-state index is 13.3. The minimum absolute atomic E-state index is 0.123. The van der Waals surface area contributed by atoms with Gasteiger partial charge in [0, 0.05) is 27.8 Å². The molecule has 27 heavy (non-hydrogen) atoms. The summed E-state index contributed by atoms with van der Waals surface area (Å²) in [7, 11) is 0. The van der Waals surface area contributed by atoms with Crippen molar-refractivity contribution >= 4 is 57.1 Å². The van der Waals surface area contributed by atoms with E-state index >= 15 is 0 Å². The lowest BCUT2D eigenvalue weighted by molar-refractivity contribution is -0.122. The molecule has 1 aliphatic carbocycles. The SMILES string of the molecule is O=C1CC(c2cccs2)CC2=Nc3ccccc3NC(c3ccc(Cl)s3)C12. The van der Waals surface area contributed by atoms with Crippen molar-refractivity contribution in [2.75, 3.05) is 5.32 Å². The Labute approximate surface area is 170 Å². The fraction of sp³-hybridized carbons (Fsp3) is 0.238. The van der Waals surface area contributed by atoms with Crippen LogP contribution in [-0.4, -0.2) is 11.5 Å². The third kappa shape index (κ3) is 3.14. The molecule has 1 N–H and O–H groups in total. The van der Waals surface area contributed by atoms with Crippen LogP contribution in [0.15, 0.2) is 58.9 Å². The van der Waals surface area contributed by atoms with Crippen molar-refractivity contribution < 1.29 is 4.79 Å². The summed E-state index contributed by atoms with van der Waals surface area (Å²) in [5.74, 6) is 0.238. The van der Waals surface area contributed by atoms with Gasteiger partial charge in [0.05, 0.1) is 27.7 Å². The number of para-hydroxylation sites is 2. The number of fused-ring (bicyclic) bond motifs is 2. The molecule has 2 aromatic heterocycles. The van der Waals surface area contributed by atoms with E-state index in [-0.39, 0.29) is 23.7 Å². The fourth-order valence-electron chi connectivity index (χ4n) is 4.06. The summed E-state index contributed by atoms with van der Waals surface area (Å²) in [4.78, 5) is 20.6. The van der Waals surface area contributed by atoms with E-state index in [2.05, 4.69) is 22.8 Å². The molecule has 0 spiro atoms. The summed E-state index contributed by atoms with van der Waals surface area (Å²) in [6.45, 7) is 0. The lowest BCUT2D eigenvalue weighted by Gasteiger charge is -2.32. The second kappa shape index (κ2) is 6.89. The first-order valence-electron chi connectivity index (χ1n) is 8.93. The Hall–Kier alpha value is -1.95. The highest BCUT2D eigenvalue weighted by Crippen LogP contribution is 2.45. The van der Waals surface area contributed by atoms with Crippen LogP contribution in [0.25, 0.3) is 0 Å². The topological polar surface area (TPSA) is 41.5 Å². The lowest BCUT2D eigenvalue weighted by Crippen LogP contribution is -2.38. The second-order valence-electron chi connectivity index (χ2n) is 6.95. The molecule has 3 aromatic rings. The van der Waals surface area contributed by atoms with Crippen molar-refractivity contribution in [1.29, 1.82) is 0 Å². The molecule has 6 heteroatoms. The first-order valence-corrected chi connectivity index (χ1v) is 11.0. The number of Topliss-reactive ketones (excluding diaryl/α,β-unsaturated/α-hetero) is 1. The maximum atomic E-state index is 13.3. The zero-order valence-electron chi connectivity index (χ0n) is 14.4. The number of carbonyl (C=O) groups is 1. The van der Waals surface area contributed by atoms with Gasteiger partial charge in [-0.1, -0.05) is 29.8 Å². The van der Waals surface area contributed by atoms with Gasteiger partial charge in [0.15, 0.2) is 0 Å². The number of thiophene rings is 2. The summed E-state index contributed by atoms with van der Waals surface area (Å²) in [5.41, 5.74) is 2.85. The highest BCUT2D eigenvalue weighted by Gasteiger charge is 2.42. The molecule has 1 aliphatic heterocycles. The zero-order chi connectivity index (χ0) is 18.4. The van der Waals surface area contributed by atoms with Gasteiger partial charge in [0.1, 0.15) is 5.78 Å². The fourth-order valence-corrected chi connectivity index (χ4v) is 6.04. The molecule has 136 valence electrons. The minimum Gasteiger partial charge on any atom is -0.375 e. The number of hydrogen-bond donors (Lipinski definition) is 1. The van der Waals surface area contributed by atoms with Crippen molar-refractivity contribution in [3.63, 3.8) is 0 Å². The molecule has 3 unspecified atom stereocenters. The van der Waals surface area contributed by atoms with Crippen LogP contribution >= 0.6 is 34.3 Å². The van der Waals surface area contributed by atoms with Crippen LogP contribution in [0.2, 0.25) is 4.34 Å². The van der Waals surface area contributed by atoms with E-state index in [1.807, 2.05) is 36.4 Å². The third-order valence-corrected chi connectivity index (χ3v) is 7.62. The average molecular weight is 413 g/mol. The molecule has 2 aliphatic rings. The number of benzene rings is 1. The standard InChI is InChI=1S/C21H17ClN2OS2/c22-19-8-7-18(27-19)21-20-15(23-13-4-1-2-5-14(13)24-21)10-12(11-16(20)25)17-6-3-9-26-17/h1-9,12,20-21,24H,10-11H2. The Kier molecular flexibility index (Phi) is 4.38. The first kappa shape index (κ1) is 17.2. The molecular weight excluding hydrogens is 396 g/mol. The molecule has 0 amide bonds. The number of halogens is 1. The molecular formula is C21H17ClN2OS2. The van der Waals surface area contributed by atoms with Crippen LogP contribution in [0.3, 0.4) is 0 Å². The Morgan fingerprint density at radius 2 is 1.93 bits per heavy atom. The van der Waals surface area contributed by atoms with Gasteiger partial charge < -0.3 is 5.32 Å². The molecule has 3 heterocycles. The predicted molar refractivity (Wildman–Crippen MR) is 114 cm³/mol. The van der Waals surface area contributed by atoms with Gasteiger partial charge >= 0.3 is 0 Å². The predicted octanol–water partition coefficient (Wildman–Crippen LogP) is 6.47. The van der Waals surface area contributed by atoms with Gasteiger partial charge in [-0.25, -0.2) is 0 Å². The van der Waals surface area contributed by atoms with Gasteiger partial charge in [0.2, 0.25) is 0 Å². The first-order chi connectivity index (χ1) is 13.2. The number of nitrogens with zero attached hydrogens (tertiary/aromatic N) is 1. The monoisotopic (exact) mass is 412 g/mol. The van der Waals surface area contributed by atoms with Gasteiger partial charge in [-0.15, -0.1) is 22.7 Å². The van der Waals surface area contributed by atoms with Crippen LogP contribution in [-0.2, 0) is 4.79 Å². The van der Waals surface area contributed by atoms with Crippen LogP contribution < -0.4 is 5.32 Å². The van der Waals surface area contributed by atoms with E-state index < -0.39 is 0 Å². The summed E-state index contributed by atoms with van der Waals surface area (Å²) in [6, 6.07) is 16.0. The third-order valence-electron chi connectivity index (χ3n) is 5.27. The largest absolute Gasteiger partial charge is 0.375 e. The van der Waals surface area contributed by atoms with E-state index in [4.69, 9.17) is 16.6 Å². The molecule has 1 aromatic carbocycles. The minimum atomic E-state index is -0.247. The number of nitrogens with one attached hydrogen (secondary N) is 1. The van der Waals surface area contributed by atoms with Crippen LogP contribution in [0, 0.1) is 5.92 Å². The number of aliphatic imine (C=N–C) groups is 1. The summed E-state index contributed by atoms with van der Waals surface area (Å²) in [6.07, 6.45) is 1.39. The highest BCUT2D eigenvalue weighted by molar-refractivity contribution is 7.16. The van der Waals surface area contributed by atoms with Crippen molar-refractivity contribution in [2.45, 2.75) is 24.8 Å². The normalized spacial score (nSPS) is 24.4.